The average molecular weight is 450 g/mol. The van der Waals surface area contributed by atoms with E-state index in [4.69, 9.17) is 32.7 Å². The summed E-state index contributed by atoms with van der Waals surface area (Å²) in [5.41, 5.74) is 1.23. The number of amides is 1. The zero-order valence-corrected chi connectivity index (χ0v) is 17.7. The molecular formula is C21H17Cl2NO4S. The number of thiophene rings is 1. The van der Waals surface area contributed by atoms with Gasteiger partial charge in [-0.1, -0.05) is 53.5 Å². The molecule has 0 unspecified atom stereocenters. The Hall–Kier alpha value is -2.54. The van der Waals surface area contributed by atoms with Gasteiger partial charge in [-0.2, -0.15) is 0 Å². The fraction of sp³-hybridized carbons (Fsp3) is 0.143. The van der Waals surface area contributed by atoms with Gasteiger partial charge < -0.3 is 14.8 Å². The van der Waals surface area contributed by atoms with Gasteiger partial charge in [0, 0.05) is 16.0 Å². The molecule has 2 aromatic carbocycles. The van der Waals surface area contributed by atoms with E-state index in [1.807, 2.05) is 30.3 Å². The predicted molar refractivity (Wildman–Crippen MR) is 116 cm³/mol. The SMILES string of the molecule is CCOC(=O)c1cc(-c2ccccc2)sc1NC(=O)COc1cc(Cl)ccc1Cl. The van der Waals surface area contributed by atoms with Crippen LogP contribution in [-0.2, 0) is 9.53 Å². The predicted octanol–water partition coefficient (Wildman–Crippen LogP) is 5.92. The third-order valence-electron chi connectivity index (χ3n) is 3.79. The zero-order valence-electron chi connectivity index (χ0n) is 15.4. The molecule has 1 N–H and O–H groups in total. The molecule has 0 radical (unpaired) electrons. The molecule has 150 valence electrons. The minimum Gasteiger partial charge on any atom is -0.482 e. The number of rotatable bonds is 7. The van der Waals surface area contributed by atoms with E-state index < -0.39 is 11.9 Å². The maximum Gasteiger partial charge on any atom is 0.341 e. The Kier molecular flexibility index (Phi) is 7.14. The van der Waals surface area contributed by atoms with Gasteiger partial charge in [-0.25, -0.2) is 4.79 Å². The highest BCUT2D eigenvalue weighted by Gasteiger charge is 2.20. The van der Waals surface area contributed by atoms with E-state index in [9.17, 15) is 9.59 Å². The van der Waals surface area contributed by atoms with Gasteiger partial charge in [0.1, 0.15) is 10.8 Å². The normalized spacial score (nSPS) is 10.4. The van der Waals surface area contributed by atoms with E-state index in [0.29, 0.717) is 26.4 Å². The Labute approximate surface area is 182 Å². The number of ether oxygens (including phenoxy) is 2. The van der Waals surface area contributed by atoms with Crippen LogP contribution in [-0.4, -0.2) is 25.1 Å². The van der Waals surface area contributed by atoms with Crippen LogP contribution in [0, 0.1) is 0 Å². The highest BCUT2D eigenvalue weighted by atomic mass is 35.5. The van der Waals surface area contributed by atoms with Gasteiger partial charge in [-0.15, -0.1) is 11.3 Å². The molecule has 0 aliphatic carbocycles. The summed E-state index contributed by atoms with van der Waals surface area (Å²) in [5, 5.41) is 3.91. The Morgan fingerprint density at radius 1 is 1.07 bits per heavy atom. The van der Waals surface area contributed by atoms with Crippen molar-refractivity contribution in [1.82, 2.24) is 0 Å². The average Bonchev–Trinajstić information content (AvgIpc) is 3.13. The molecule has 0 saturated carbocycles. The van der Waals surface area contributed by atoms with Gasteiger partial charge >= 0.3 is 5.97 Å². The fourth-order valence-corrected chi connectivity index (χ4v) is 3.88. The van der Waals surface area contributed by atoms with E-state index in [1.165, 1.54) is 17.4 Å². The molecule has 3 aromatic rings. The Morgan fingerprint density at radius 2 is 1.83 bits per heavy atom. The topological polar surface area (TPSA) is 64.6 Å². The van der Waals surface area contributed by atoms with Crippen LogP contribution in [0.25, 0.3) is 10.4 Å². The molecule has 5 nitrogen and oxygen atoms in total. The standard InChI is InChI=1S/C21H17Cl2NO4S/c1-2-27-21(26)15-11-18(13-6-4-3-5-7-13)29-20(15)24-19(25)12-28-17-10-14(22)8-9-16(17)23/h3-11H,2,12H2,1H3,(H,24,25). The van der Waals surface area contributed by atoms with Crippen LogP contribution in [0.1, 0.15) is 17.3 Å². The molecule has 8 heteroatoms. The van der Waals surface area contributed by atoms with Gasteiger partial charge in [-0.3, -0.25) is 4.79 Å². The molecule has 0 saturated heterocycles. The lowest BCUT2D eigenvalue weighted by atomic mass is 10.1. The quantitative estimate of drug-likeness (QED) is 0.454. The molecule has 0 aliphatic heterocycles. The number of benzene rings is 2. The molecule has 0 aliphatic rings. The summed E-state index contributed by atoms with van der Waals surface area (Å²) in [6.45, 7) is 1.67. The Morgan fingerprint density at radius 3 is 2.55 bits per heavy atom. The number of nitrogens with one attached hydrogen (secondary N) is 1. The summed E-state index contributed by atoms with van der Waals surface area (Å²) < 4.78 is 10.6. The van der Waals surface area contributed by atoms with Crippen molar-refractivity contribution in [2.75, 3.05) is 18.5 Å². The van der Waals surface area contributed by atoms with Gasteiger partial charge in [0.05, 0.1) is 17.2 Å². The first-order chi connectivity index (χ1) is 14.0. The summed E-state index contributed by atoms with van der Waals surface area (Å²) in [5.74, 6) is -0.635. The molecule has 0 spiro atoms. The van der Waals surface area contributed by atoms with Gasteiger partial charge in [0.2, 0.25) is 0 Å². The van der Waals surface area contributed by atoms with Crippen molar-refractivity contribution in [2.24, 2.45) is 0 Å². The van der Waals surface area contributed by atoms with Crippen molar-refractivity contribution in [3.05, 3.63) is 70.2 Å². The van der Waals surface area contributed by atoms with E-state index in [1.54, 1.807) is 25.1 Å². The molecular weight excluding hydrogens is 433 g/mol. The van der Waals surface area contributed by atoms with Gasteiger partial charge in [0.15, 0.2) is 6.61 Å². The van der Waals surface area contributed by atoms with Crippen molar-refractivity contribution in [3.63, 3.8) is 0 Å². The van der Waals surface area contributed by atoms with E-state index in [0.717, 1.165) is 10.4 Å². The van der Waals surface area contributed by atoms with Crippen molar-refractivity contribution >= 4 is 51.4 Å². The molecule has 3 rings (SSSR count). The minimum absolute atomic E-state index is 0.235. The molecule has 0 atom stereocenters. The van der Waals surface area contributed by atoms with Crippen LogP contribution in [0.2, 0.25) is 10.0 Å². The fourth-order valence-electron chi connectivity index (χ4n) is 2.48. The Bertz CT molecular complexity index is 1020. The van der Waals surface area contributed by atoms with Crippen LogP contribution in [0.4, 0.5) is 5.00 Å². The van der Waals surface area contributed by atoms with E-state index in [-0.39, 0.29) is 13.2 Å². The van der Waals surface area contributed by atoms with Crippen LogP contribution in [0.5, 0.6) is 5.75 Å². The Balaban J connectivity index is 1.77. The minimum atomic E-state index is -0.500. The van der Waals surface area contributed by atoms with Crippen LogP contribution in [0.15, 0.2) is 54.6 Å². The summed E-state index contributed by atoms with van der Waals surface area (Å²) in [4.78, 5) is 25.6. The van der Waals surface area contributed by atoms with E-state index >= 15 is 0 Å². The largest absolute Gasteiger partial charge is 0.482 e. The van der Waals surface area contributed by atoms with E-state index in [2.05, 4.69) is 5.32 Å². The number of hydrogen-bond acceptors (Lipinski definition) is 5. The third kappa shape index (κ3) is 5.50. The first kappa shape index (κ1) is 21.2. The first-order valence-corrected chi connectivity index (χ1v) is 10.3. The second-order valence-electron chi connectivity index (χ2n) is 5.85. The highest BCUT2D eigenvalue weighted by Crippen LogP contribution is 2.36. The summed E-state index contributed by atoms with van der Waals surface area (Å²) in [7, 11) is 0. The zero-order chi connectivity index (χ0) is 20.8. The summed E-state index contributed by atoms with van der Waals surface area (Å²) in [6.07, 6.45) is 0. The van der Waals surface area contributed by atoms with Crippen LogP contribution >= 0.6 is 34.5 Å². The maximum atomic E-state index is 12.4. The molecule has 1 heterocycles. The molecule has 1 aromatic heterocycles. The van der Waals surface area contributed by atoms with Crippen LogP contribution < -0.4 is 10.1 Å². The highest BCUT2D eigenvalue weighted by molar-refractivity contribution is 7.20. The number of carbonyl (C=O) groups excluding carboxylic acids is 2. The molecule has 29 heavy (non-hydrogen) atoms. The van der Waals surface area contributed by atoms with Crippen molar-refractivity contribution < 1.29 is 19.1 Å². The summed E-state index contributed by atoms with van der Waals surface area (Å²) >= 11 is 13.2. The second kappa shape index (κ2) is 9.78. The lowest BCUT2D eigenvalue weighted by Gasteiger charge is -2.09. The molecule has 1 amide bonds. The number of esters is 1. The number of halogens is 2. The van der Waals surface area contributed by atoms with Crippen molar-refractivity contribution in [1.29, 1.82) is 0 Å². The third-order valence-corrected chi connectivity index (χ3v) is 5.44. The lowest BCUT2D eigenvalue weighted by molar-refractivity contribution is -0.118. The monoisotopic (exact) mass is 449 g/mol. The van der Waals surface area contributed by atoms with Crippen molar-refractivity contribution in [3.8, 4) is 16.2 Å². The number of carbonyl (C=O) groups is 2. The lowest BCUT2D eigenvalue weighted by Crippen LogP contribution is -2.21. The molecule has 0 fully saturated rings. The smallest absolute Gasteiger partial charge is 0.341 e. The number of hydrogen-bond donors (Lipinski definition) is 1. The number of anilines is 1. The maximum absolute atomic E-state index is 12.4. The first-order valence-electron chi connectivity index (χ1n) is 8.72. The molecule has 0 bridgehead atoms. The van der Waals surface area contributed by atoms with Gasteiger partial charge in [-0.05, 0) is 30.7 Å². The van der Waals surface area contributed by atoms with Crippen molar-refractivity contribution in [2.45, 2.75) is 6.92 Å². The second-order valence-corrected chi connectivity index (χ2v) is 7.75. The van der Waals surface area contributed by atoms with Gasteiger partial charge in [0.25, 0.3) is 5.91 Å². The summed E-state index contributed by atoms with van der Waals surface area (Å²) in [6, 6.07) is 16.0. The van der Waals surface area contributed by atoms with Crippen LogP contribution in [0.3, 0.4) is 0 Å².